The van der Waals surface area contributed by atoms with Crippen LogP contribution in [0.15, 0.2) is 45.3 Å². The van der Waals surface area contributed by atoms with E-state index in [9.17, 15) is 14.4 Å². The molecule has 0 radical (unpaired) electrons. The van der Waals surface area contributed by atoms with Crippen LogP contribution in [0.25, 0.3) is 10.2 Å². The third-order valence-corrected chi connectivity index (χ3v) is 7.89. The molecule has 2 heterocycles. The van der Waals surface area contributed by atoms with Gasteiger partial charge in [0.25, 0.3) is 5.56 Å². The molecule has 1 aliphatic carbocycles. The number of benzene rings is 1. The van der Waals surface area contributed by atoms with Crippen LogP contribution >= 0.6 is 11.3 Å². The number of aryl methyl sites for hydroxylation is 1. The number of unbranched alkanes of at least 4 members (excludes halogenated alkanes) is 2. The SMILES string of the molecule is CCCCCNC(=O)C1CCC(Cn2c(=O)c3sccc3n(Cc3cccc(C)c3)c2=O)CC1. The molecule has 6 nitrogen and oxygen atoms in total. The molecule has 7 heteroatoms. The molecule has 1 aliphatic rings. The molecule has 0 bridgehead atoms. The average molecular weight is 482 g/mol. The summed E-state index contributed by atoms with van der Waals surface area (Å²) in [5, 5.41) is 4.96. The van der Waals surface area contributed by atoms with Gasteiger partial charge in [0.05, 0.1) is 12.1 Å². The molecule has 0 aliphatic heterocycles. The summed E-state index contributed by atoms with van der Waals surface area (Å²) in [6.07, 6.45) is 6.66. The molecule has 0 saturated heterocycles. The Morgan fingerprint density at radius 1 is 1.09 bits per heavy atom. The standard InChI is InChI=1S/C27H35N3O3S/c1-3-4-5-14-28-25(31)22-11-9-20(10-12-22)17-30-26(32)24-23(13-15-34-24)29(27(30)33)18-21-8-6-7-19(2)16-21/h6-8,13,15-16,20,22H,3-5,9-12,14,17-18H2,1-2H3,(H,28,31). The summed E-state index contributed by atoms with van der Waals surface area (Å²) in [6, 6.07) is 9.99. The monoisotopic (exact) mass is 481 g/mol. The Hall–Kier alpha value is -2.67. The fourth-order valence-corrected chi connectivity index (χ4v) is 5.88. The normalized spacial score (nSPS) is 18.3. The Morgan fingerprint density at radius 2 is 1.88 bits per heavy atom. The van der Waals surface area contributed by atoms with Crippen molar-refractivity contribution in [3.63, 3.8) is 0 Å². The highest BCUT2D eigenvalue weighted by molar-refractivity contribution is 7.17. The van der Waals surface area contributed by atoms with Gasteiger partial charge < -0.3 is 5.32 Å². The van der Waals surface area contributed by atoms with Crippen LogP contribution in [0.3, 0.4) is 0 Å². The lowest BCUT2D eigenvalue weighted by atomic mass is 9.81. The first-order chi connectivity index (χ1) is 16.5. The second-order valence-electron chi connectivity index (χ2n) is 9.62. The van der Waals surface area contributed by atoms with Crippen molar-refractivity contribution in [1.29, 1.82) is 0 Å². The Kier molecular flexibility index (Phi) is 8.03. The van der Waals surface area contributed by atoms with Crippen molar-refractivity contribution in [3.05, 3.63) is 67.7 Å². The summed E-state index contributed by atoms with van der Waals surface area (Å²) in [5.41, 5.74) is 2.47. The molecule has 1 saturated carbocycles. The molecule has 0 atom stereocenters. The Bertz CT molecular complexity index is 1250. The van der Waals surface area contributed by atoms with E-state index in [1.54, 1.807) is 4.57 Å². The number of carbonyl (C=O) groups excluding carboxylic acids is 1. The minimum absolute atomic E-state index is 0.0485. The van der Waals surface area contributed by atoms with Gasteiger partial charge >= 0.3 is 5.69 Å². The van der Waals surface area contributed by atoms with Crippen LogP contribution < -0.4 is 16.6 Å². The van der Waals surface area contributed by atoms with Gasteiger partial charge in [-0.3, -0.25) is 18.7 Å². The van der Waals surface area contributed by atoms with Crippen molar-refractivity contribution >= 4 is 27.5 Å². The topological polar surface area (TPSA) is 73.1 Å². The van der Waals surface area contributed by atoms with E-state index in [0.717, 1.165) is 62.6 Å². The molecular weight excluding hydrogens is 446 g/mol. The first-order valence-electron chi connectivity index (χ1n) is 12.5. The number of rotatable bonds is 9. The Balaban J connectivity index is 1.48. The average Bonchev–Trinajstić information content (AvgIpc) is 3.33. The zero-order valence-corrected chi connectivity index (χ0v) is 21.0. The maximum atomic E-state index is 13.5. The Labute approximate surface area is 204 Å². The largest absolute Gasteiger partial charge is 0.356 e. The van der Waals surface area contributed by atoms with E-state index >= 15 is 0 Å². The van der Waals surface area contributed by atoms with Crippen molar-refractivity contribution < 1.29 is 4.79 Å². The number of hydrogen-bond acceptors (Lipinski definition) is 4. The molecule has 1 fully saturated rings. The molecule has 4 rings (SSSR count). The van der Waals surface area contributed by atoms with E-state index in [1.807, 2.05) is 36.6 Å². The Morgan fingerprint density at radius 3 is 2.62 bits per heavy atom. The van der Waals surface area contributed by atoms with E-state index in [2.05, 4.69) is 18.3 Å². The van der Waals surface area contributed by atoms with Gasteiger partial charge in [-0.1, -0.05) is 49.6 Å². The lowest BCUT2D eigenvalue weighted by Crippen LogP contribution is -2.42. The smallest absolute Gasteiger partial charge is 0.331 e. The number of carbonyl (C=O) groups is 1. The van der Waals surface area contributed by atoms with Gasteiger partial charge in [0, 0.05) is 19.0 Å². The summed E-state index contributed by atoms with van der Waals surface area (Å²) in [5.74, 6) is 0.443. The minimum Gasteiger partial charge on any atom is -0.356 e. The number of nitrogens with zero attached hydrogens (tertiary/aromatic N) is 2. The molecule has 1 N–H and O–H groups in total. The fourth-order valence-electron chi connectivity index (χ4n) is 5.04. The van der Waals surface area contributed by atoms with Gasteiger partial charge in [0.1, 0.15) is 4.70 Å². The highest BCUT2D eigenvalue weighted by atomic mass is 32.1. The summed E-state index contributed by atoms with van der Waals surface area (Å²) in [6.45, 7) is 5.81. The van der Waals surface area contributed by atoms with E-state index in [1.165, 1.54) is 15.9 Å². The number of fused-ring (bicyclic) bond motifs is 1. The van der Waals surface area contributed by atoms with Crippen LogP contribution in [0.5, 0.6) is 0 Å². The second kappa shape index (κ2) is 11.2. The van der Waals surface area contributed by atoms with Crippen molar-refractivity contribution in [1.82, 2.24) is 14.5 Å². The maximum Gasteiger partial charge on any atom is 0.331 e. The lowest BCUT2D eigenvalue weighted by molar-refractivity contribution is -0.126. The number of nitrogens with one attached hydrogen (secondary N) is 1. The number of aromatic nitrogens is 2. The second-order valence-corrected chi connectivity index (χ2v) is 10.5. The van der Waals surface area contributed by atoms with Crippen LogP contribution in [0.2, 0.25) is 0 Å². The number of hydrogen-bond donors (Lipinski definition) is 1. The van der Waals surface area contributed by atoms with E-state index in [0.29, 0.717) is 23.3 Å². The first-order valence-corrected chi connectivity index (χ1v) is 13.4. The third-order valence-electron chi connectivity index (χ3n) is 7.00. The summed E-state index contributed by atoms with van der Waals surface area (Å²) in [7, 11) is 0. The van der Waals surface area contributed by atoms with Crippen LogP contribution in [0, 0.1) is 18.8 Å². The third kappa shape index (κ3) is 5.52. The van der Waals surface area contributed by atoms with E-state index in [-0.39, 0.29) is 29.0 Å². The molecule has 0 spiro atoms. The van der Waals surface area contributed by atoms with Crippen molar-refractivity contribution in [2.45, 2.75) is 71.9 Å². The molecule has 1 aromatic carbocycles. The summed E-state index contributed by atoms with van der Waals surface area (Å²) < 4.78 is 3.80. The van der Waals surface area contributed by atoms with Crippen molar-refractivity contribution in [3.8, 4) is 0 Å². The van der Waals surface area contributed by atoms with Crippen molar-refractivity contribution in [2.24, 2.45) is 11.8 Å². The van der Waals surface area contributed by atoms with Gasteiger partial charge in [-0.2, -0.15) is 0 Å². The zero-order valence-electron chi connectivity index (χ0n) is 20.2. The highest BCUT2D eigenvalue weighted by Gasteiger charge is 2.27. The predicted octanol–water partition coefficient (Wildman–Crippen LogP) is 4.69. The van der Waals surface area contributed by atoms with Gasteiger partial charge in [-0.05, 0) is 62.0 Å². The molecule has 2 aromatic heterocycles. The van der Waals surface area contributed by atoms with Crippen LogP contribution in [0.1, 0.15) is 63.0 Å². The maximum absolute atomic E-state index is 13.5. The molecule has 0 unspecified atom stereocenters. The minimum atomic E-state index is -0.242. The van der Waals surface area contributed by atoms with Crippen LogP contribution in [-0.4, -0.2) is 21.6 Å². The molecule has 1 amide bonds. The van der Waals surface area contributed by atoms with Gasteiger partial charge in [-0.25, -0.2) is 4.79 Å². The number of amides is 1. The summed E-state index contributed by atoms with van der Waals surface area (Å²) >= 11 is 1.40. The lowest BCUT2D eigenvalue weighted by Gasteiger charge is -2.28. The van der Waals surface area contributed by atoms with Crippen LogP contribution in [-0.2, 0) is 17.9 Å². The van der Waals surface area contributed by atoms with Crippen molar-refractivity contribution in [2.75, 3.05) is 6.54 Å². The molecular formula is C27H35N3O3S. The van der Waals surface area contributed by atoms with E-state index < -0.39 is 0 Å². The molecule has 182 valence electrons. The van der Waals surface area contributed by atoms with Gasteiger partial charge in [0.2, 0.25) is 5.91 Å². The van der Waals surface area contributed by atoms with Gasteiger partial charge in [-0.15, -0.1) is 11.3 Å². The molecule has 34 heavy (non-hydrogen) atoms. The zero-order chi connectivity index (χ0) is 24.1. The predicted molar refractivity (Wildman–Crippen MR) is 139 cm³/mol. The van der Waals surface area contributed by atoms with Gasteiger partial charge in [0.15, 0.2) is 0 Å². The van der Waals surface area contributed by atoms with Crippen LogP contribution in [0.4, 0.5) is 0 Å². The highest BCUT2D eigenvalue weighted by Crippen LogP contribution is 2.30. The summed E-state index contributed by atoms with van der Waals surface area (Å²) in [4.78, 5) is 39.1. The fraction of sp³-hybridized carbons (Fsp3) is 0.519. The number of thiophene rings is 1. The molecule has 3 aromatic rings. The van der Waals surface area contributed by atoms with E-state index in [4.69, 9.17) is 0 Å². The first kappa shape index (κ1) is 24.5. The quantitative estimate of drug-likeness (QED) is 0.451.